The molecule has 0 fully saturated rings. The van der Waals surface area contributed by atoms with E-state index >= 15 is 0 Å². The highest BCUT2D eigenvalue weighted by molar-refractivity contribution is 6.46. The SMILES string of the molecule is CCCOc1ccccc1N1C(=O)C(Nc2ccc(OC)cc2)=C(c2ccc(C)cc2C)C1=O. The van der Waals surface area contributed by atoms with Gasteiger partial charge in [0.05, 0.1) is 25.0 Å². The molecule has 0 spiro atoms. The number of aryl methyl sites for hydroxylation is 2. The van der Waals surface area contributed by atoms with Crippen LogP contribution in [0.5, 0.6) is 11.5 Å². The number of anilines is 2. The number of hydrogen-bond donors (Lipinski definition) is 1. The van der Waals surface area contributed by atoms with Gasteiger partial charge in [-0.3, -0.25) is 9.59 Å². The highest BCUT2D eigenvalue weighted by Gasteiger charge is 2.41. The van der Waals surface area contributed by atoms with E-state index in [4.69, 9.17) is 9.47 Å². The van der Waals surface area contributed by atoms with E-state index in [0.29, 0.717) is 35.1 Å². The highest BCUT2D eigenvalue weighted by Crippen LogP contribution is 2.39. The van der Waals surface area contributed by atoms with Gasteiger partial charge in [-0.15, -0.1) is 0 Å². The van der Waals surface area contributed by atoms with Gasteiger partial charge in [-0.05, 0) is 67.8 Å². The molecular weight excluding hydrogens is 428 g/mol. The molecule has 1 heterocycles. The summed E-state index contributed by atoms with van der Waals surface area (Å²) < 4.78 is 11.1. The summed E-state index contributed by atoms with van der Waals surface area (Å²) in [7, 11) is 1.60. The van der Waals surface area contributed by atoms with E-state index in [1.54, 1.807) is 37.4 Å². The summed E-state index contributed by atoms with van der Waals surface area (Å²) in [6, 6.07) is 20.2. The first-order valence-electron chi connectivity index (χ1n) is 11.3. The molecule has 1 aliphatic heterocycles. The van der Waals surface area contributed by atoms with Gasteiger partial charge >= 0.3 is 0 Å². The molecule has 6 nitrogen and oxygen atoms in total. The number of ether oxygens (including phenoxy) is 2. The third-order valence-corrected chi connectivity index (χ3v) is 5.66. The van der Waals surface area contributed by atoms with Crippen molar-refractivity contribution in [3.8, 4) is 11.5 Å². The van der Waals surface area contributed by atoms with E-state index < -0.39 is 5.91 Å². The van der Waals surface area contributed by atoms with Crippen molar-refractivity contribution >= 4 is 28.8 Å². The second-order valence-corrected chi connectivity index (χ2v) is 8.18. The van der Waals surface area contributed by atoms with Crippen LogP contribution in [-0.4, -0.2) is 25.5 Å². The van der Waals surface area contributed by atoms with Crippen molar-refractivity contribution in [1.29, 1.82) is 0 Å². The van der Waals surface area contributed by atoms with Crippen molar-refractivity contribution in [2.45, 2.75) is 27.2 Å². The molecule has 174 valence electrons. The zero-order valence-electron chi connectivity index (χ0n) is 19.8. The van der Waals surface area contributed by atoms with Crippen LogP contribution in [0.15, 0.2) is 72.4 Å². The van der Waals surface area contributed by atoms with Crippen LogP contribution in [0.1, 0.15) is 30.0 Å². The first-order chi connectivity index (χ1) is 16.4. The van der Waals surface area contributed by atoms with Crippen molar-refractivity contribution < 1.29 is 19.1 Å². The largest absolute Gasteiger partial charge is 0.497 e. The number of imide groups is 1. The average Bonchev–Trinajstić information content (AvgIpc) is 3.07. The summed E-state index contributed by atoms with van der Waals surface area (Å²) in [6.45, 7) is 6.43. The summed E-state index contributed by atoms with van der Waals surface area (Å²) in [4.78, 5) is 28.7. The Morgan fingerprint density at radius 3 is 2.32 bits per heavy atom. The molecule has 1 N–H and O–H groups in total. The summed E-state index contributed by atoms with van der Waals surface area (Å²) in [5, 5.41) is 3.20. The predicted molar refractivity (Wildman–Crippen MR) is 134 cm³/mol. The van der Waals surface area contributed by atoms with Crippen molar-refractivity contribution in [2.24, 2.45) is 0 Å². The van der Waals surface area contributed by atoms with Crippen LogP contribution in [0, 0.1) is 13.8 Å². The minimum absolute atomic E-state index is 0.229. The molecule has 2 amide bonds. The summed E-state index contributed by atoms with van der Waals surface area (Å²) in [6.07, 6.45) is 0.812. The van der Waals surface area contributed by atoms with Gasteiger partial charge in [0.2, 0.25) is 0 Å². The van der Waals surface area contributed by atoms with E-state index in [-0.39, 0.29) is 11.6 Å². The molecule has 0 unspecified atom stereocenters. The number of methoxy groups -OCH3 is 1. The van der Waals surface area contributed by atoms with Gasteiger partial charge < -0.3 is 14.8 Å². The van der Waals surface area contributed by atoms with Gasteiger partial charge in [0.1, 0.15) is 17.2 Å². The summed E-state index contributed by atoms with van der Waals surface area (Å²) in [5.74, 6) is 0.382. The number of amides is 2. The van der Waals surface area contributed by atoms with Crippen LogP contribution < -0.4 is 19.7 Å². The molecule has 6 heteroatoms. The quantitative estimate of drug-likeness (QED) is 0.454. The Hall–Kier alpha value is -4.06. The molecule has 4 rings (SSSR count). The average molecular weight is 457 g/mol. The van der Waals surface area contributed by atoms with E-state index in [0.717, 1.165) is 23.1 Å². The number of nitrogens with zero attached hydrogens (tertiary/aromatic N) is 1. The predicted octanol–water partition coefficient (Wildman–Crippen LogP) is 5.50. The zero-order chi connectivity index (χ0) is 24.2. The van der Waals surface area contributed by atoms with Gasteiger partial charge in [-0.25, -0.2) is 4.90 Å². The summed E-state index contributed by atoms with van der Waals surface area (Å²) in [5.41, 5.74) is 4.39. The number of hydrogen-bond acceptors (Lipinski definition) is 5. The lowest BCUT2D eigenvalue weighted by Gasteiger charge is -2.19. The smallest absolute Gasteiger partial charge is 0.282 e. The Morgan fingerprint density at radius 2 is 1.65 bits per heavy atom. The van der Waals surface area contributed by atoms with Crippen LogP contribution in [0.4, 0.5) is 11.4 Å². The number of rotatable bonds is 8. The van der Waals surface area contributed by atoms with Crippen LogP contribution in [0.3, 0.4) is 0 Å². The molecule has 0 saturated carbocycles. The zero-order valence-corrected chi connectivity index (χ0v) is 19.8. The highest BCUT2D eigenvalue weighted by atomic mass is 16.5. The van der Waals surface area contributed by atoms with Gasteiger partial charge in [-0.2, -0.15) is 0 Å². The lowest BCUT2D eigenvalue weighted by molar-refractivity contribution is -0.120. The van der Waals surface area contributed by atoms with Gasteiger partial charge in [-0.1, -0.05) is 42.8 Å². The fourth-order valence-corrected chi connectivity index (χ4v) is 4.00. The van der Waals surface area contributed by atoms with E-state index in [2.05, 4.69) is 5.32 Å². The first kappa shape index (κ1) is 23.1. The van der Waals surface area contributed by atoms with Gasteiger partial charge in [0.15, 0.2) is 0 Å². The lowest BCUT2D eigenvalue weighted by atomic mass is 9.97. The van der Waals surface area contributed by atoms with E-state index in [1.807, 2.05) is 57.2 Å². The third kappa shape index (κ3) is 4.39. The maximum Gasteiger partial charge on any atom is 0.282 e. The molecule has 3 aromatic carbocycles. The molecule has 0 bridgehead atoms. The molecule has 0 radical (unpaired) electrons. The number of para-hydroxylation sites is 2. The first-order valence-corrected chi connectivity index (χ1v) is 11.3. The molecule has 34 heavy (non-hydrogen) atoms. The topological polar surface area (TPSA) is 67.9 Å². The van der Waals surface area contributed by atoms with Crippen LogP contribution in [0.2, 0.25) is 0 Å². The second-order valence-electron chi connectivity index (χ2n) is 8.18. The molecule has 0 aromatic heterocycles. The Bertz CT molecular complexity index is 1260. The monoisotopic (exact) mass is 456 g/mol. The minimum atomic E-state index is -0.427. The van der Waals surface area contributed by atoms with Crippen LogP contribution in [-0.2, 0) is 9.59 Å². The Balaban J connectivity index is 1.82. The summed E-state index contributed by atoms with van der Waals surface area (Å²) >= 11 is 0. The number of carbonyl (C=O) groups excluding carboxylic acids is 2. The molecule has 0 aliphatic carbocycles. The molecular formula is C28H28N2O4. The normalized spacial score (nSPS) is 13.5. The Labute approximate surface area is 199 Å². The molecule has 0 atom stereocenters. The van der Waals surface area contributed by atoms with Crippen molar-refractivity contribution in [2.75, 3.05) is 23.9 Å². The maximum atomic E-state index is 13.8. The fraction of sp³-hybridized carbons (Fsp3) is 0.214. The van der Waals surface area contributed by atoms with Crippen LogP contribution >= 0.6 is 0 Å². The molecule has 0 saturated heterocycles. The van der Waals surface area contributed by atoms with Crippen molar-refractivity contribution in [3.05, 3.63) is 89.1 Å². The standard InChI is InChI=1S/C28H28N2O4/c1-5-16-34-24-9-7-6-8-23(24)30-27(31)25(22-15-10-18(2)17-19(22)3)26(28(30)32)29-20-11-13-21(33-4)14-12-20/h6-15,17,29H,5,16H2,1-4H3. The number of nitrogens with one attached hydrogen (secondary N) is 1. The van der Waals surface area contributed by atoms with Crippen LogP contribution in [0.25, 0.3) is 5.57 Å². The second kappa shape index (κ2) is 9.83. The van der Waals surface area contributed by atoms with Gasteiger partial charge in [0, 0.05) is 5.69 Å². The van der Waals surface area contributed by atoms with Crippen molar-refractivity contribution in [1.82, 2.24) is 0 Å². The number of benzene rings is 3. The van der Waals surface area contributed by atoms with Gasteiger partial charge in [0.25, 0.3) is 11.8 Å². The van der Waals surface area contributed by atoms with Crippen molar-refractivity contribution in [3.63, 3.8) is 0 Å². The molecule has 3 aromatic rings. The maximum absolute atomic E-state index is 13.8. The van der Waals surface area contributed by atoms with E-state index in [9.17, 15) is 9.59 Å². The minimum Gasteiger partial charge on any atom is -0.497 e. The molecule has 1 aliphatic rings. The fourth-order valence-electron chi connectivity index (χ4n) is 4.00. The third-order valence-electron chi connectivity index (χ3n) is 5.66. The Kier molecular flexibility index (Phi) is 6.68. The van der Waals surface area contributed by atoms with E-state index in [1.165, 1.54) is 4.90 Å². The number of carbonyl (C=O) groups is 2. The lowest BCUT2D eigenvalue weighted by Crippen LogP contribution is -2.32. The Morgan fingerprint density at radius 1 is 0.912 bits per heavy atom.